The molecule has 1 aliphatic heterocycles. The van der Waals surface area contributed by atoms with Crippen molar-refractivity contribution < 1.29 is 4.79 Å². The van der Waals surface area contributed by atoms with E-state index < -0.39 is 0 Å². The van der Waals surface area contributed by atoms with Gasteiger partial charge in [0.05, 0.1) is 0 Å². The molecule has 110 valence electrons. The Balaban J connectivity index is 1.75. The highest BCUT2D eigenvalue weighted by molar-refractivity contribution is 9.15. The molecule has 1 heterocycles. The molecule has 0 N–H and O–H groups in total. The van der Waals surface area contributed by atoms with Crippen LogP contribution in [-0.4, -0.2) is 23.9 Å². The molecule has 0 unspecified atom stereocenters. The molecule has 0 atom stereocenters. The molecular formula is C18H20BrNO. The molecule has 2 aliphatic rings. The highest BCUT2D eigenvalue weighted by atomic mass is 79.9. The maximum absolute atomic E-state index is 12.2. The molecule has 0 bridgehead atoms. The number of carbonyl (C=O) groups excluding carboxylic acids is 1. The molecule has 2 nitrogen and oxygen atoms in total. The molecule has 1 fully saturated rings. The highest BCUT2D eigenvalue weighted by Gasteiger charge is 2.17. The third-order valence-corrected chi connectivity index (χ3v) is 5.23. The molecule has 1 aliphatic carbocycles. The monoisotopic (exact) mass is 345 g/mol. The number of likely N-dealkylation sites (tertiary alicyclic amines) is 1. The largest absolute Gasteiger partial charge is 0.339 e. The lowest BCUT2D eigenvalue weighted by molar-refractivity contribution is -0.126. The molecule has 1 aromatic rings. The zero-order chi connectivity index (χ0) is 14.7. The zero-order valence-corrected chi connectivity index (χ0v) is 13.7. The van der Waals surface area contributed by atoms with Crippen molar-refractivity contribution in [2.45, 2.75) is 32.1 Å². The fourth-order valence-electron chi connectivity index (χ4n) is 3.05. The van der Waals surface area contributed by atoms with Gasteiger partial charge in [-0.05, 0) is 64.7 Å². The number of halogens is 1. The Bertz CT molecular complexity index is 597. The van der Waals surface area contributed by atoms with Crippen LogP contribution in [0, 0.1) is 0 Å². The van der Waals surface area contributed by atoms with Crippen molar-refractivity contribution in [1.29, 1.82) is 0 Å². The molecule has 3 rings (SSSR count). The maximum atomic E-state index is 12.2. The van der Waals surface area contributed by atoms with Crippen LogP contribution in [0.15, 0.2) is 42.0 Å². The summed E-state index contributed by atoms with van der Waals surface area (Å²) < 4.78 is 1.13. The lowest BCUT2D eigenvalue weighted by Gasteiger charge is -2.25. The van der Waals surface area contributed by atoms with Gasteiger partial charge >= 0.3 is 0 Å². The van der Waals surface area contributed by atoms with Gasteiger partial charge in [0, 0.05) is 23.6 Å². The molecule has 3 heteroatoms. The second-order valence-corrected chi connectivity index (χ2v) is 6.51. The van der Waals surface area contributed by atoms with E-state index in [0.717, 1.165) is 43.3 Å². The summed E-state index contributed by atoms with van der Waals surface area (Å²) in [6.07, 6.45) is 9.30. The molecule has 21 heavy (non-hydrogen) atoms. The number of hydrogen-bond donors (Lipinski definition) is 0. The van der Waals surface area contributed by atoms with Crippen LogP contribution >= 0.6 is 15.9 Å². The summed E-state index contributed by atoms with van der Waals surface area (Å²) in [5, 5.41) is 0. The van der Waals surface area contributed by atoms with Crippen LogP contribution in [0.1, 0.15) is 36.8 Å². The van der Waals surface area contributed by atoms with E-state index in [1.54, 1.807) is 6.08 Å². The zero-order valence-electron chi connectivity index (χ0n) is 12.1. The lowest BCUT2D eigenvalue weighted by atomic mass is 9.92. The van der Waals surface area contributed by atoms with E-state index >= 15 is 0 Å². The van der Waals surface area contributed by atoms with E-state index in [1.807, 2.05) is 11.0 Å². The molecule has 1 amide bonds. The van der Waals surface area contributed by atoms with Crippen LogP contribution in [0.2, 0.25) is 0 Å². The Morgan fingerprint density at radius 3 is 2.67 bits per heavy atom. The Labute approximate surface area is 134 Å². The van der Waals surface area contributed by atoms with Gasteiger partial charge in [0.1, 0.15) is 0 Å². The van der Waals surface area contributed by atoms with Crippen molar-refractivity contribution in [2.75, 3.05) is 13.1 Å². The molecule has 0 radical (unpaired) electrons. The molecular weight excluding hydrogens is 326 g/mol. The maximum Gasteiger partial charge on any atom is 0.246 e. The van der Waals surface area contributed by atoms with Crippen molar-refractivity contribution in [1.82, 2.24) is 4.90 Å². The Morgan fingerprint density at radius 2 is 1.86 bits per heavy atom. The van der Waals surface area contributed by atoms with Gasteiger partial charge in [-0.1, -0.05) is 30.3 Å². The van der Waals surface area contributed by atoms with Crippen molar-refractivity contribution in [3.05, 3.63) is 53.1 Å². The quantitative estimate of drug-likeness (QED) is 0.731. The average molecular weight is 346 g/mol. The number of fused-ring (bicyclic) bond motifs is 1. The van der Waals surface area contributed by atoms with E-state index in [-0.39, 0.29) is 5.91 Å². The average Bonchev–Trinajstić information content (AvgIpc) is 2.55. The number of aryl methyl sites for hydroxylation is 1. The van der Waals surface area contributed by atoms with E-state index in [0.29, 0.717) is 0 Å². The SMILES string of the molecule is O=C(C=CC1=C(Br)c2ccccc2CC1)N1CCCCC1. The summed E-state index contributed by atoms with van der Waals surface area (Å²) in [7, 11) is 0. The minimum Gasteiger partial charge on any atom is -0.339 e. The Hall–Kier alpha value is -1.35. The standard InChI is InChI=1S/C18H20BrNO/c19-18-15(9-8-14-6-2-3-7-16(14)18)10-11-17(21)20-12-4-1-5-13-20/h2-3,6-7,10-11H,1,4-5,8-9,12-13H2. The van der Waals surface area contributed by atoms with Crippen molar-refractivity contribution >= 4 is 26.3 Å². The fourth-order valence-corrected chi connectivity index (χ4v) is 3.77. The van der Waals surface area contributed by atoms with Gasteiger partial charge in [0.2, 0.25) is 5.91 Å². The van der Waals surface area contributed by atoms with Gasteiger partial charge in [-0.3, -0.25) is 4.79 Å². The van der Waals surface area contributed by atoms with Gasteiger partial charge in [0.25, 0.3) is 0 Å². The second-order valence-electron chi connectivity index (χ2n) is 5.72. The number of allylic oxidation sites excluding steroid dienone is 2. The third kappa shape index (κ3) is 3.29. The molecule has 1 saturated heterocycles. The lowest BCUT2D eigenvalue weighted by Crippen LogP contribution is -2.34. The van der Waals surface area contributed by atoms with Crippen LogP contribution in [0.5, 0.6) is 0 Å². The van der Waals surface area contributed by atoms with E-state index in [2.05, 4.69) is 40.2 Å². The van der Waals surface area contributed by atoms with Gasteiger partial charge in [0.15, 0.2) is 0 Å². The predicted octanol–water partition coefficient (Wildman–Crippen LogP) is 4.31. The van der Waals surface area contributed by atoms with Crippen LogP contribution in [0.25, 0.3) is 4.48 Å². The van der Waals surface area contributed by atoms with Gasteiger partial charge in [-0.2, -0.15) is 0 Å². The van der Waals surface area contributed by atoms with Gasteiger partial charge in [-0.25, -0.2) is 0 Å². The third-order valence-electron chi connectivity index (χ3n) is 4.29. The Morgan fingerprint density at radius 1 is 1.10 bits per heavy atom. The van der Waals surface area contributed by atoms with Crippen LogP contribution in [-0.2, 0) is 11.2 Å². The first-order valence-corrected chi connectivity index (χ1v) is 8.49. The number of benzene rings is 1. The first kappa shape index (κ1) is 14.6. The number of rotatable bonds is 2. The van der Waals surface area contributed by atoms with Crippen LogP contribution in [0.3, 0.4) is 0 Å². The van der Waals surface area contributed by atoms with E-state index in [4.69, 9.17) is 0 Å². The summed E-state index contributed by atoms with van der Waals surface area (Å²) in [6.45, 7) is 1.82. The predicted molar refractivity (Wildman–Crippen MR) is 90.2 cm³/mol. The molecule has 0 aromatic heterocycles. The summed E-state index contributed by atoms with van der Waals surface area (Å²) >= 11 is 3.70. The summed E-state index contributed by atoms with van der Waals surface area (Å²) in [6, 6.07) is 8.46. The normalized spacial score (nSPS) is 19.0. The number of amides is 1. The Kier molecular flexibility index (Phi) is 4.59. The van der Waals surface area contributed by atoms with Gasteiger partial charge in [-0.15, -0.1) is 0 Å². The van der Waals surface area contributed by atoms with Crippen molar-refractivity contribution in [3.63, 3.8) is 0 Å². The number of carbonyl (C=O) groups is 1. The first-order valence-electron chi connectivity index (χ1n) is 7.69. The second kappa shape index (κ2) is 6.61. The number of piperidine rings is 1. The minimum absolute atomic E-state index is 0.154. The van der Waals surface area contributed by atoms with Crippen molar-refractivity contribution in [3.8, 4) is 0 Å². The fraction of sp³-hybridized carbons (Fsp3) is 0.389. The van der Waals surface area contributed by atoms with Crippen LogP contribution < -0.4 is 0 Å². The minimum atomic E-state index is 0.154. The molecule has 0 saturated carbocycles. The van der Waals surface area contributed by atoms with Crippen LogP contribution in [0.4, 0.5) is 0 Å². The van der Waals surface area contributed by atoms with E-state index in [1.165, 1.54) is 23.1 Å². The summed E-state index contributed by atoms with van der Waals surface area (Å²) in [5.41, 5.74) is 3.86. The number of nitrogens with zero attached hydrogens (tertiary/aromatic N) is 1. The first-order chi connectivity index (χ1) is 10.3. The van der Waals surface area contributed by atoms with Gasteiger partial charge < -0.3 is 4.90 Å². The molecule has 0 spiro atoms. The number of hydrogen-bond acceptors (Lipinski definition) is 1. The van der Waals surface area contributed by atoms with Crippen molar-refractivity contribution in [2.24, 2.45) is 0 Å². The topological polar surface area (TPSA) is 20.3 Å². The van der Waals surface area contributed by atoms with E-state index in [9.17, 15) is 4.79 Å². The smallest absolute Gasteiger partial charge is 0.246 e. The summed E-state index contributed by atoms with van der Waals surface area (Å²) in [5.74, 6) is 0.154. The highest BCUT2D eigenvalue weighted by Crippen LogP contribution is 2.35. The summed E-state index contributed by atoms with van der Waals surface area (Å²) in [4.78, 5) is 14.2. The molecule has 1 aromatic carbocycles.